The van der Waals surface area contributed by atoms with Gasteiger partial charge in [0, 0.05) is 17.0 Å². The Morgan fingerprint density at radius 1 is 1.06 bits per heavy atom. The number of esters is 1. The molecule has 0 fully saturated rings. The van der Waals surface area contributed by atoms with Crippen LogP contribution in [-0.2, 0) is 10.9 Å². The third-order valence-corrected chi connectivity index (χ3v) is 4.73. The summed E-state index contributed by atoms with van der Waals surface area (Å²) in [5.41, 5.74) is 0.658. The fourth-order valence-electron chi connectivity index (χ4n) is 3.36. The van der Waals surface area contributed by atoms with Crippen molar-refractivity contribution < 1.29 is 32.2 Å². The van der Waals surface area contributed by atoms with Crippen molar-refractivity contribution in [2.24, 2.45) is 0 Å². The summed E-state index contributed by atoms with van der Waals surface area (Å²) < 4.78 is 55.8. The van der Waals surface area contributed by atoms with Gasteiger partial charge in [0.15, 0.2) is 11.5 Å². The van der Waals surface area contributed by atoms with Gasteiger partial charge in [-0.3, -0.25) is 0 Å². The molecule has 0 aliphatic carbocycles. The number of benzene rings is 2. The molecule has 5 nitrogen and oxygen atoms in total. The van der Waals surface area contributed by atoms with Crippen LogP contribution in [0.15, 0.2) is 36.4 Å². The monoisotopic (exact) mass is 433 g/mol. The first-order valence-corrected chi connectivity index (χ1v) is 9.51. The zero-order chi connectivity index (χ0) is 22.9. The lowest BCUT2D eigenvalue weighted by Crippen LogP contribution is -2.10. The van der Waals surface area contributed by atoms with Gasteiger partial charge >= 0.3 is 12.1 Å². The number of alkyl halides is 3. The molecule has 0 atom stereocenters. The van der Waals surface area contributed by atoms with Crippen LogP contribution >= 0.6 is 0 Å². The second-order valence-corrected chi connectivity index (χ2v) is 7.22. The molecule has 0 N–H and O–H groups in total. The highest BCUT2D eigenvalue weighted by molar-refractivity contribution is 6.07. The highest BCUT2D eigenvalue weighted by Crippen LogP contribution is 2.38. The van der Waals surface area contributed by atoms with Gasteiger partial charge in [-0.25, -0.2) is 9.78 Å². The minimum absolute atomic E-state index is 0.147. The number of nitrogens with zero attached hydrogens (tertiary/aromatic N) is 1. The van der Waals surface area contributed by atoms with E-state index in [2.05, 4.69) is 4.98 Å². The number of hydrogen-bond acceptors (Lipinski definition) is 5. The molecule has 0 aliphatic heterocycles. The molecule has 1 heterocycles. The van der Waals surface area contributed by atoms with E-state index in [9.17, 15) is 18.0 Å². The number of ether oxygens (including phenoxy) is 3. The Bertz CT molecular complexity index is 1140. The van der Waals surface area contributed by atoms with E-state index < -0.39 is 17.7 Å². The maximum absolute atomic E-state index is 13.2. The molecule has 0 bridgehead atoms. The molecular formula is C23H22F3NO4. The van der Waals surface area contributed by atoms with Crippen LogP contribution in [0.2, 0.25) is 0 Å². The molecule has 0 saturated carbocycles. The van der Waals surface area contributed by atoms with Crippen molar-refractivity contribution in [1.29, 1.82) is 0 Å². The first-order valence-electron chi connectivity index (χ1n) is 9.51. The second kappa shape index (κ2) is 8.45. The van der Waals surface area contributed by atoms with Crippen molar-refractivity contribution in [1.82, 2.24) is 4.98 Å². The average molecular weight is 433 g/mol. The fraction of sp³-hybridized carbons (Fsp3) is 0.304. The molecule has 0 unspecified atom stereocenters. The number of methoxy groups -OCH3 is 2. The summed E-state index contributed by atoms with van der Waals surface area (Å²) in [7, 11) is 2.71. The zero-order valence-corrected chi connectivity index (χ0v) is 17.8. The van der Waals surface area contributed by atoms with Crippen molar-refractivity contribution in [2.75, 3.05) is 14.2 Å². The number of fused-ring (bicyclic) bond motifs is 1. The first kappa shape index (κ1) is 22.4. The van der Waals surface area contributed by atoms with Crippen molar-refractivity contribution >= 4 is 16.9 Å². The molecule has 164 valence electrons. The van der Waals surface area contributed by atoms with Gasteiger partial charge in [0.25, 0.3) is 0 Å². The summed E-state index contributed by atoms with van der Waals surface area (Å²) >= 11 is 0. The summed E-state index contributed by atoms with van der Waals surface area (Å²) in [6.07, 6.45) is -4.65. The normalized spacial score (nSPS) is 11.6. The molecule has 2 aromatic carbocycles. The number of pyridine rings is 1. The molecule has 0 radical (unpaired) electrons. The van der Waals surface area contributed by atoms with Crippen LogP contribution in [0.3, 0.4) is 0 Å². The molecule has 3 aromatic rings. The standard InChI is InChI=1S/C23H22F3NO4/c1-12(2)31-19-10-16-17(11-18(19)29-4)27-21(13(3)20(16)22(28)30-5)14-7-6-8-15(9-14)23(24,25)26/h6-12H,1-5H3. The number of aromatic nitrogens is 1. The van der Waals surface area contributed by atoms with E-state index in [4.69, 9.17) is 14.2 Å². The number of carbonyl (C=O) groups excluding carboxylic acids is 1. The summed E-state index contributed by atoms with van der Waals surface area (Å²) in [4.78, 5) is 17.2. The Labute approximate surface area is 177 Å². The summed E-state index contributed by atoms with van der Waals surface area (Å²) in [5.74, 6) is 0.185. The Morgan fingerprint density at radius 3 is 2.35 bits per heavy atom. The molecule has 0 amide bonds. The lowest BCUT2D eigenvalue weighted by molar-refractivity contribution is -0.137. The van der Waals surface area contributed by atoms with E-state index in [0.29, 0.717) is 28.0 Å². The van der Waals surface area contributed by atoms with Gasteiger partial charge in [0.1, 0.15) is 0 Å². The van der Waals surface area contributed by atoms with Crippen molar-refractivity contribution in [3.8, 4) is 22.8 Å². The van der Waals surface area contributed by atoms with Crippen molar-refractivity contribution in [2.45, 2.75) is 33.1 Å². The van der Waals surface area contributed by atoms with E-state index in [1.807, 2.05) is 13.8 Å². The maximum atomic E-state index is 13.2. The molecular weight excluding hydrogens is 411 g/mol. The third kappa shape index (κ3) is 4.42. The van der Waals surface area contributed by atoms with Crippen molar-refractivity contribution in [3.05, 3.63) is 53.1 Å². The summed E-state index contributed by atoms with van der Waals surface area (Å²) in [5, 5.41) is 0.455. The second-order valence-electron chi connectivity index (χ2n) is 7.22. The van der Waals surface area contributed by atoms with Crippen LogP contribution in [0.4, 0.5) is 13.2 Å². The Hall–Kier alpha value is -3.29. The molecule has 1 aromatic heterocycles. The topological polar surface area (TPSA) is 57.7 Å². The zero-order valence-electron chi connectivity index (χ0n) is 17.8. The first-order chi connectivity index (χ1) is 14.6. The molecule has 31 heavy (non-hydrogen) atoms. The van der Waals surface area contributed by atoms with E-state index in [-0.39, 0.29) is 22.9 Å². The predicted octanol–water partition coefficient (Wildman–Crippen LogP) is 5.81. The van der Waals surface area contributed by atoms with Gasteiger partial charge in [-0.15, -0.1) is 0 Å². The van der Waals surface area contributed by atoms with Crippen molar-refractivity contribution in [3.63, 3.8) is 0 Å². The van der Waals surface area contributed by atoms with Crippen LogP contribution in [-0.4, -0.2) is 31.3 Å². The Kier molecular flexibility index (Phi) is 6.10. The minimum atomic E-state index is -4.50. The lowest BCUT2D eigenvalue weighted by atomic mass is 9.96. The van der Waals surface area contributed by atoms with E-state index in [1.165, 1.54) is 26.4 Å². The Balaban J connectivity index is 2.35. The highest BCUT2D eigenvalue weighted by atomic mass is 19.4. The third-order valence-electron chi connectivity index (χ3n) is 4.73. The SMILES string of the molecule is COC(=O)c1c(C)c(-c2cccc(C(F)(F)F)c2)nc2cc(OC)c(OC(C)C)cc12. The van der Waals surface area contributed by atoms with Crippen LogP contribution in [0.1, 0.15) is 35.3 Å². The lowest BCUT2D eigenvalue weighted by Gasteiger charge is -2.18. The number of halogens is 3. The van der Waals surface area contributed by atoms with E-state index in [1.54, 1.807) is 19.1 Å². The largest absolute Gasteiger partial charge is 0.493 e. The minimum Gasteiger partial charge on any atom is -0.493 e. The molecule has 0 spiro atoms. The Morgan fingerprint density at radius 2 is 1.77 bits per heavy atom. The maximum Gasteiger partial charge on any atom is 0.416 e. The van der Waals surface area contributed by atoms with Gasteiger partial charge in [-0.1, -0.05) is 12.1 Å². The van der Waals surface area contributed by atoms with Crippen LogP contribution in [0.25, 0.3) is 22.2 Å². The summed E-state index contributed by atoms with van der Waals surface area (Å²) in [6.45, 7) is 5.33. The van der Waals surface area contributed by atoms with Crippen LogP contribution in [0, 0.1) is 6.92 Å². The fourth-order valence-corrected chi connectivity index (χ4v) is 3.36. The molecule has 3 rings (SSSR count). The van der Waals surface area contributed by atoms with E-state index in [0.717, 1.165) is 12.1 Å². The van der Waals surface area contributed by atoms with E-state index >= 15 is 0 Å². The quantitative estimate of drug-likeness (QED) is 0.475. The van der Waals surface area contributed by atoms with Gasteiger partial charge < -0.3 is 14.2 Å². The van der Waals surface area contributed by atoms with Gasteiger partial charge in [0.05, 0.1) is 42.7 Å². The predicted molar refractivity (Wildman–Crippen MR) is 111 cm³/mol. The number of hydrogen-bond donors (Lipinski definition) is 0. The van der Waals surface area contributed by atoms with Crippen LogP contribution < -0.4 is 9.47 Å². The summed E-state index contributed by atoms with van der Waals surface area (Å²) in [6, 6.07) is 8.05. The number of rotatable bonds is 5. The number of carbonyl (C=O) groups is 1. The molecule has 0 saturated heterocycles. The molecule has 8 heteroatoms. The van der Waals surface area contributed by atoms with Gasteiger partial charge in [0.2, 0.25) is 0 Å². The van der Waals surface area contributed by atoms with Gasteiger partial charge in [-0.2, -0.15) is 13.2 Å². The average Bonchev–Trinajstić information content (AvgIpc) is 2.71. The van der Waals surface area contributed by atoms with Crippen LogP contribution in [0.5, 0.6) is 11.5 Å². The molecule has 0 aliphatic rings. The highest BCUT2D eigenvalue weighted by Gasteiger charge is 2.31. The smallest absolute Gasteiger partial charge is 0.416 e. The van der Waals surface area contributed by atoms with Gasteiger partial charge in [-0.05, 0) is 44.5 Å².